The van der Waals surface area contributed by atoms with E-state index in [1.165, 1.54) is 19.2 Å². The number of alkyl halides is 5. The molecule has 2 aromatic carbocycles. The molecule has 5 rings (SSSR count). The summed E-state index contributed by atoms with van der Waals surface area (Å²) < 4.78 is 74.0. The Labute approximate surface area is 226 Å². The summed E-state index contributed by atoms with van der Waals surface area (Å²) in [6.45, 7) is 3.74. The maximum atomic E-state index is 13.6. The van der Waals surface area contributed by atoms with Gasteiger partial charge in [-0.25, -0.2) is 13.8 Å². The number of aromatic nitrogens is 4. The molecule has 1 N–H and O–H groups in total. The molecule has 0 saturated heterocycles. The fourth-order valence-corrected chi connectivity index (χ4v) is 4.92. The summed E-state index contributed by atoms with van der Waals surface area (Å²) in [5.74, 6) is -2.07. The first-order valence-electron chi connectivity index (χ1n) is 12.5. The summed E-state index contributed by atoms with van der Waals surface area (Å²) in [5, 5.41) is 12.8. The highest BCUT2D eigenvalue weighted by atomic mass is 19.4. The van der Waals surface area contributed by atoms with Crippen molar-refractivity contribution in [2.75, 3.05) is 12.4 Å². The number of methoxy groups -OCH3 is 1. The quantitative estimate of drug-likeness (QED) is 0.258. The van der Waals surface area contributed by atoms with Crippen LogP contribution in [0.3, 0.4) is 0 Å². The van der Waals surface area contributed by atoms with E-state index >= 15 is 0 Å². The fraction of sp³-hybridized carbons (Fsp3) is 0.357. The summed E-state index contributed by atoms with van der Waals surface area (Å²) in [4.78, 5) is 13.3. The van der Waals surface area contributed by atoms with Crippen LogP contribution in [0.25, 0.3) is 22.6 Å². The van der Waals surface area contributed by atoms with Crippen LogP contribution >= 0.6 is 0 Å². The zero-order valence-electron chi connectivity index (χ0n) is 21.9. The van der Waals surface area contributed by atoms with E-state index in [0.717, 1.165) is 17.7 Å². The number of aryl methyl sites for hydroxylation is 1. The highest BCUT2D eigenvalue weighted by molar-refractivity contribution is 5.88. The summed E-state index contributed by atoms with van der Waals surface area (Å²) in [6, 6.07) is 11.8. The van der Waals surface area contributed by atoms with Gasteiger partial charge in [0.05, 0.1) is 18.2 Å². The van der Waals surface area contributed by atoms with Gasteiger partial charge in [-0.3, -0.25) is 0 Å². The Morgan fingerprint density at radius 3 is 2.42 bits per heavy atom. The number of imidazole rings is 1. The van der Waals surface area contributed by atoms with Crippen molar-refractivity contribution in [3.8, 4) is 23.2 Å². The second-order valence-electron chi connectivity index (χ2n) is 10.1. The molecule has 1 saturated carbocycles. The molecule has 0 radical (unpaired) electrons. The number of anilines is 1. The highest BCUT2D eigenvalue weighted by Gasteiger charge is 2.47. The molecule has 1 fully saturated rings. The molecule has 1 atom stereocenters. The average Bonchev–Trinajstić information content (AvgIpc) is 3.25. The topological polar surface area (TPSA) is 88.7 Å². The Morgan fingerprint density at radius 1 is 1.12 bits per heavy atom. The van der Waals surface area contributed by atoms with E-state index in [0.29, 0.717) is 28.2 Å². The number of nitriles is 1. The van der Waals surface area contributed by atoms with Gasteiger partial charge in [0.2, 0.25) is 11.7 Å². The molecule has 40 heavy (non-hydrogen) atoms. The Morgan fingerprint density at radius 2 is 1.82 bits per heavy atom. The number of nitrogens with zero attached hydrogens (tertiary/aromatic N) is 5. The molecule has 208 valence electrons. The van der Waals surface area contributed by atoms with Gasteiger partial charge in [0.25, 0.3) is 0 Å². The van der Waals surface area contributed by atoms with Crippen molar-refractivity contribution in [1.82, 2.24) is 19.5 Å². The molecule has 0 aliphatic heterocycles. The molecule has 12 heteroatoms. The van der Waals surface area contributed by atoms with Crippen molar-refractivity contribution in [1.29, 1.82) is 5.26 Å². The van der Waals surface area contributed by atoms with Crippen LogP contribution in [-0.4, -0.2) is 38.6 Å². The third kappa shape index (κ3) is 5.28. The van der Waals surface area contributed by atoms with E-state index in [9.17, 15) is 27.2 Å². The van der Waals surface area contributed by atoms with Crippen LogP contribution in [-0.2, 0) is 12.7 Å². The molecule has 4 aromatic rings. The van der Waals surface area contributed by atoms with Crippen LogP contribution in [0.5, 0.6) is 5.75 Å². The average molecular weight is 557 g/mol. The summed E-state index contributed by atoms with van der Waals surface area (Å²) in [5.41, 5.74) is 1.83. The number of fused-ring (bicyclic) bond motifs is 1. The molecule has 0 unspecified atom stereocenters. The first-order chi connectivity index (χ1) is 18.9. The largest absolute Gasteiger partial charge is 0.496 e. The fourth-order valence-electron chi connectivity index (χ4n) is 4.92. The van der Waals surface area contributed by atoms with E-state index < -0.39 is 23.7 Å². The molecule has 0 spiro atoms. The standard InChI is InChI=1S/C28H25F5N6O/c1-15-4-9-21(40-3)20(10-15)26-38-25-23(39(26)14-17-5-7-19(8-6-17)28(31,32)33)24(36-22(13-34)37-25)35-16(2)18-11-27(29,30)12-18/h4-10,16,18H,11-12,14H2,1-3H3,(H,35,36,37)/t16-/m1/s1. The van der Waals surface area contributed by atoms with Crippen molar-refractivity contribution in [3.05, 3.63) is 65.0 Å². The van der Waals surface area contributed by atoms with E-state index in [1.54, 1.807) is 17.6 Å². The Bertz CT molecular complexity index is 1600. The number of rotatable bonds is 7. The number of benzene rings is 2. The third-order valence-electron chi connectivity index (χ3n) is 7.11. The van der Waals surface area contributed by atoms with Crippen molar-refractivity contribution in [3.63, 3.8) is 0 Å². The van der Waals surface area contributed by atoms with E-state index in [1.807, 2.05) is 25.1 Å². The van der Waals surface area contributed by atoms with Gasteiger partial charge in [-0.1, -0.05) is 23.8 Å². The molecule has 0 bridgehead atoms. The number of hydrogen-bond acceptors (Lipinski definition) is 6. The first-order valence-corrected chi connectivity index (χ1v) is 12.5. The minimum absolute atomic E-state index is 0.0842. The maximum absolute atomic E-state index is 13.6. The second-order valence-corrected chi connectivity index (χ2v) is 10.1. The number of nitrogens with one attached hydrogen (secondary N) is 1. The monoisotopic (exact) mass is 556 g/mol. The summed E-state index contributed by atoms with van der Waals surface area (Å²) in [6.07, 6.45) is -5.01. The predicted octanol–water partition coefficient (Wildman–Crippen LogP) is 6.59. The molecule has 2 aromatic heterocycles. The SMILES string of the molecule is COc1ccc(C)cc1-c1nc2nc(C#N)nc(N[C@H](C)C3CC(F)(F)C3)c2n1Cc1ccc(C(F)(F)F)cc1. The zero-order valence-corrected chi connectivity index (χ0v) is 21.9. The lowest BCUT2D eigenvalue weighted by molar-refractivity contribution is -0.137. The Kier molecular flexibility index (Phi) is 6.85. The van der Waals surface area contributed by atoms with Gasteiger partial charge in [0.1, 0.15) is 23.2 Å². The van der Waals surface area contributed by atoms with E-state index in [2.05, 4.69) is 15.3 Å². The molecule has 0 amide bonds. The van der Waals surface area contributed by atoms with Gasteiger partial charge in [-0.2, -0.15) is 28.4 Å². The molecule has 1 aliphatic carbocycles. The van der Waals surface area contributed by atoms with Gasteiger partial charge in [0.15, 0.2) is 11.5 Å². The molecular weight excluding hydrogens is 531 g/mol. The zero-order chi connectivity index (χ0) is 28.8. The van der Waals surface area contributed by atoms with Crippen LogP contribution in [0.2, 0.25) is 0 Å². The van der Waals surface area contributed by atoms with Gasteiger partial charge in [-0.05, 0) is 49.6 Å². The lowest BCUT2D eigenvalue weighted by Gasteiger charge is -2.39. The maximum Gasteiger partial charge on any atom is 0.416 e. The predicted molar refractivity (Wildman–Crippen MR) is 138 cm³/mol. The van der Waals surface area contributed by atoms with Crippen LogP contribution in [0.1, 0.15) is 42.3 Å². The van der Waals surface area contributed by atoms with Crippen LogP contribution in [0.4, 0.5) is 27.8 Å². The summed E-state index contributed by atoms with van der Waals surface area (Å²) in [7, 11) is 1.51. The number of halogens is 5. The molecule has 1 aliphatic rings. The van der Waals surface area contributed by atoms with Gasteiger partial charge in [0, 0.05) is 25.4 Å². The lowest BCUT2D eigenvalue weighted by Crippen LogP contribution is -2.43. The van der Waals surface area contributed by atoms with Gasteiger partial charge < -0.3 is 14.6 Å². The molecular formula is C28H25F5N6O. The third-order valence-corrected chi connectivity index (χ3v) is 7.11. The van der Waals surface area contributed by atoms with Gasteiger partial charge in [-0.15, -0.1) is 0 Å². The molecule has 7 nitrogen and oxygen atoms in total. The minimum atomic E-state index is -4.48. The molecule has 2 heterocycles. The normalized spacial score (nSPS) is 15.9. The Hall–Kier alpha value is -4.27. The van der Waals surface area contributed by atoms with Crippen LogP contribution in [0, 0.1) is 24.2 Å². The van der Waals surface area contributed by atoms with Crippen molar-refractivity contribution in [2.45, 2.75) is 51.4 Å². The minimum Gasteiger partial charge on any atom is -0.496 e. The van der Waals surface area contributed by atoms with E-state index in [-0.39, 0.29) is 42.6 Å². The van der Waals surface area contributed by atoms with Crippen LogP contribution in [0.15, 0.2) is 42.5 Å². The lowest BCUT2D eigenvalue weighted by atomic mass is 9.77. The van der Waals surface area contributed by atoms with Crippen LogP contribution < -0.4 is 10.1 Å². The number of ether oxygens (including phenoxy) is 1. The van der Waals surface area contributed by atoms with Crippen molar-refractivity contribution < 1.29 is 26.7 Å². The Balaban J connectivity index is 1.68. The smallest absolute Gasteiger partial charge is 0.416 e. The second kappa shape index (κ2) is 10.0. The highest BCUT2D eigenvalue weighted by Crippen LogP contribution is 2.45. The first kappa shape index (κ1) is 27.3. The van der Waals surface area contributed by atoms with Gasteiger partial charge >= 0.3 is 6.18 Å². The van der Waals surface area contributed by atoms with E-state index in [4.69, 9.17) is 9.72 Å². The number of hydrogen-bond donors (Lipinski definition) is 1. The van der Waals surface area contributed by atoms with Crippen molar-refractivity contribution in [2.24, 2.45) is 5.92 Å². The van der Waals surface area contributed by atoms with Crippen molar-refractivity contribution >= 4 is 17.0 Å². The summed E-state index contributed by atoms with van der Waals surface area (Å²) >= 11 is 0.